The molecule has 11 heavy (non-hydrogen) atoms. The maximum atomic E-state index is 5.14. The lowest BCUT2D eigenvalue weighted by molar-refractivity contribution is 0.446. The molecule has 1 rings (SSSR count). The zero-order valence-electron chi connectivity index (χ0n) is 6.80. The molecule has 0 aliphatic carbocycles. The highest BCUT2D eigenvalue weighted by molar-refractivity contribution is 7.99. The molecule has 0 aromatic rings. The molecule has 4 heteroatoms. The molecule has 0 atom stereocenters. The van der Waals surface area contributed by atoms with Gasteiger partial charge in [-0.2, -0.15) is 11.8 Å². The Morgan fingerprint density at radius 2 is 2.27 bits per heavy atom. The van der Waals surface area contributed by atoms with Crippen LogP contribution in [0, 0.1) is 0 Å². The molecular formula is C7H14N2S2. The van der Waals surface area contributed by atoms with Crippen LogP contribution < -0.4 is 5.32 Å². The molecule has 0 amide bonds. The van der Waals surface area contributed by atoms with Crippen LogP contribution in [0.15, 0.2) is 0 Å². The number of nitrogens with zero attached hydrogens (tertiary/aromatic N) is 1. The zero-order valence-corrected chi connectivity index (χ0v) is 8.43. The molecule has 0 aromatic carbocycles. The summed E-state index contributed by atoms with van der Waals surface area (Å²) >= 11 is 7.16. The van der Waals surface area contributed by atoms with Crippen molar-refractivity contribution < 1.29 is 0 Å². The van der Waals surface area contributed by atoms with Crippen molar-refractivity contribution in [3.05, 3.63) is 0 Å². The molecular weight excluding hydrogens is 176 g/mol. The summed E-state index contributed by atoms with van der Waals surface area (Å²) in [4.78, 5) is 2.25. The highest BCUT2D eigenvalue weighted by atomic mass is 32.2. The maximum Gasteiger partial charge on any atom is 0.168 e. The molecule has 0 aromatic heterocycles. The van der Waals surface area contributed by atoms with E-state index in [9.17, 15) is 0 Å². The number of thiocarbonyl (C=S) groups is 1. The summed E-state index contributed by atoms with van der Waals surface area (Å²) in [7, 11) is 1.89. The van der Waals surface area contributed by atoms with Gasteiger partial charge < -0.3 is 10.2 Å². The summed E-state index contributed by atoms with van der Waals surface area (Å²) in [5.41, 5.74) is 0. The van der Waals surface area contributed by atoms with Crippen LogP contribution >= 0.6 is 24.0 Å². The summed E-state index contributed by atoms with van der Waals surface area (Å²) < 4.78 is 0. The molecule has 1 aliphatic rings. The minimum Gasteiger partial charge on any atom is -0.366 e. The Hall–Kier alpha value is 0.0400. The van der Waals surface area contributed by atoms with Gasteiger partial charge in [-0.1, -0.05) is 0 Å². The van der Waals surface area contributed by atoms with Gasteiger partial charge in [0.2, 0.25) is 0 Å². The normalized spacial score (nSPS) is 19.2. The highest BCUT2D eigenvalue weighted by Gasteiger charge is 2.10. The fraction of sp³-hybridized carbons (Fsp3) is 0.857. The summed E-state index contributed by atoms with van der Waals surface area (Å²) in [6.07, 6.45) is 1.26. The van der Waals surface area contributed by atoms with E-state index in [4.69, 9.17) is 12.2 Å². The van der Waals surface area contributed by atoms with Crippen LogP contribution in [0.25, 0.3) is 0 Å². The molecule has 1 saturated heterocycles. The largest absolute Gasteiger partial charge is 0.366 e. The Kier molecular flexibility index (Phi) is 4.01. The molecule has 0 unspecified atom stereocenters. The first-order chi connectivity index (χ1) is 5.34. The summed E-state index contributed by atoms with van der Waals surface area (Å²) in [6.45, 7) is 2.22. The van der Waals surface area contributed by atoms with Crippen molar-refractivity contribution in [3.8, 4) is 0 Å². The Morgan fingerprint density at radius 3 is 3.00 bits per heavy atom. The molecule has 0 bridgehead atoms. The quantitative estimate of drug-likeness (QED) is 0.571. The lowest BCUT2D eigenvalue weighted by atomic mass is 10.4. The van der Waals surface area contributed by atoms with Crippen LogP contribution in [-0.4, -0.2) is 41.7 Å². The number of rotatable bonds is 0. The molecule has 1 N–H and O–H groups in total. The van der Waals surface area contributed by atoms with E-state index in [0.717, 1.165) is 18.2 Å². The second-order valence-electron chi connectivity index (χ2n) is 2.51. The molecule has 0 saturated carbocycles. The first-order valence-electron chi connectivity index (χ1n) is 3.89. The van der Waals surface area contributed by atoms with Gasteiger partial charge in [-0.15, -0.1) is 0 Å². The Balaban J connectivity index is 2.36. The Labute approximate surface area is 77.7 Å². The molecule has 1 fully saturated rings. The maximum absolute atomic E-state index is 5.14. The third kappa shape index (κ3) is 2.87. The van der Waals surface area contributed by atoms with Crippen LogP contribution in [-0.2, 0) is 0 Å². The van der Waals surface area contributed by atoms with Crippen LogP contribution in [0.4, 0.5) is 0 Å². The zero-order chi connectivity index (χ0) is 8.10. The van der Waals surface area contributed by atoms with E-state index in [1.165, 1.54) is 17.9 Å². The van der Waals surface area contributed by atoms with Crippen LogP contribution in [0.2, 0.25) is 0 Å². The van der Waals surface area contributed by atoms with Gasteiger partial charge in [-0.25, -0.2) is 0 Å². The van der Waals surface area contributed by atoms with Crippen molar-refractivity contribution in [3.63, 3.8) is 0 Å². The van der Waals surface area contributed by atoms with Gasteiger partial charge in [0.1, 0.15) is 0 Å². The molecule has 0 spiro atoms. The standard InChI is InChI=1S/C7H14N2S2/c1-8-7(10)9-3-2-5-11-6-4-9/h2-6H2,1H3,(H,8,10). The third-order valence-electron chi connectivity index (χ3n) is 1.72. The average molecular weight is 190 g/mol. The van der Waals surface area contributed by atoms with Crippen LogP contribution in [0.5, 0.6) is 0 Å². The molecule has 64 valence electrons. The number of hydrogen-bond donors (Lipinski definition) is 1. The van der Waals surface area contributed by atoms with Crippen molar-refractivity contribution in [2.75, 3.05) is 31.6 Å². The predicted molar refractivity (Wildman–Crippen MR) is 55.2 cm³/mol. The summed E-state index contributed by atoms with van der Waals surface area (Å²) in [5, 5.41) is 3.91. The third-order valence-corrected chi connectivity index (χ3v) is 3.23. The van der Waals surface area contributed by atoms with Gasteiger partial charge >= 0.3 is 0 Å². The fourth-order valence-corrected chi connectivity index (χ4v) is 2.18. The van der Waals surface area contributed by atoms with Crippen molar-refractivity contribution in [2.45, 2.75) is 6.42 Å². The van der Waals surface area contributed by atoms with E-state index in [1.54, 1.807) is 0 Å². The van der Waals surface area contributed by atoms with E-state index in [-0.39, 0.29) is 0 Å². The minimum atomic E-state index is 0.896. The second-order valence-corrected chi connectivity index (χ2v) is 4.12. The SMILES string of the molecule is CNC(=S)N1CCCSCC1. The fourth-order valence-electron chi connectivity index (χ4n) is 1.11. The van der Waals surface area contributed by atoms with Crippen molar-refractivity contribution in [1.82, 2.24) is 10.2 Å². The monoisotopic (exact) mass is 190 g/mol. The average Bonchev–Trinajstić information content (AvgIpc) is 2.30. The van der Waals surface area contributed by atoms with Crippen molar-refractivity contribution in [1.29, 1.82) is 0 Å². The van der Waals surface area contributed by atoms with Gasteiger partial charge in [0.05, 0.1) is 0 Å². The lowest BCUT2D eigenvalue weighted by Gasteiger charge is -2.21. The van der Waals surface area contributed by atoms with E-state index < -0.39 is 0 Å². The Bertz CT molecular complexity index is 130. The number of thioether (sulfide) groups is 1. The van der Waals surface area contributed by atoms with Gasteiger partial charge in [0.25, 0.3) is 0 Å². The predicted octanol–water partition coefficient (Wildman–Crippen LogP) is 0.930. The minimum absolute atomic E-state index is 0.896. The van der Waals surface area contributed by atoms with E-state index in [1.807, 2.05) is 18.8 Å². The van der Waals surface area contributed by atoms with Crippen LogP contribution in [0.1, 0.15) is 6.42 Å². The second kappa shape index (κ2) is 4.83. The number of nitrogens with one attached hydrogen (secondary N) is 1. The van der Waals surface area contributed by atoms with Gasteiger partial charge in [-0.05, 0) is 24.4 Å². The first kappa shape index (κ1) is 9.13. The van der Waals surface area contributed by atoms with E-state index >= 15 is 0 Å². The highest BCUT2D eigenvalue weighted by Crippen LogP contribution is 2.09. The van der Waals surface area contributed by atoms with E-state index in [2.05, 4.69) is 10.2 Å². The molecule has 1 heterocycles. The van der Waals surface area contributed by atoms with Crippen molar-refractivity contribution >= 4 is 29.1 Å². The van der Waals surface area contributed by atoms with Gasteiger partial charge in [0, 0.05) is 25.9 Å². The van der Waals surface area contributed by atoms with Gasteiger partial charge in [-0.3, -0.25) is 0 Å². The van der Waals surface area contributed by atoms with Crippen LogP contribution in [0.3, 0.4) is 0 Å². The summed E-state index contributed by atoms with van der Waals surface area (Å²) in [5.74, 6) is 2.49. The van der Waals surface area contributed by atoms with Crippen molar-refractivity contribution in [2.24, 2.45) is 0 Å². The van der Waals surface area contributed by atoms with Gasteiger partial charge in [0.15, 0.2) is 5.11 Å². The Morgan fingerprint density at radius 1 is 1.45 bits per heavy atom. The molecule has 0 radical (unpaired) electrons. The number of hydrogen-bond acceptors (Lipinski definition) is 2. The van der Waals surface area contributed by atoms with E-state index in [0.29, 0.717) is 0 Å². The topological polar surface area (TPSA) is 15.3 Å². The first-order valence-corrected chi connectivity index (χ1v) is 5.45. The lowest BCUT2D eigenvalue weighted by Crippen LogP contribution is -2.39. The molecule has 1 aliphatic heterocycles. The molecule has 2 nitrogen and oxygen atoms in total. The summed E-state index contributed by atoms with van der Waals surface area (Å²) in [6, 6.07) is 0. The smallest absolute Gasteiger partial charge is 0.168 e.